The number of carbonyl (C=O) groups is 1. The predicted octanol–water partition coefficient (Wildman–Crippen LogP) is 1.01. The topological polar surface area (TPSA) is 117 Å². The summed E-state index contributed by atoms with van der Waals surface area (Å²) < 4.78 is 0. The Bertz CT molecular complexity index is 561. The second-order valence-corrected chi connectivity index (χ2v) is 3.92. The maximum Gasteiger partial charge on any atom is 0.287 e. The summed E-state index contributed by atoms with van der Waals surface area (Å²) in [4.78, 5) is 31.2. The molecule has 0 saturated heterocycles. The normalized spacial score (nSPS) is 10.3. The lowest BCUT2D eigenvalue weighted by Crippen LogP contribution is -2.25. The summed E-state index contributed by atoms with van der Waals surface area (Å²) >= 11 is 0. The van der Waals surface area contributed by atoms with Gasteiger partial charge >= 0.3 is 0 Å². The van der Waals surface area contributed by atoms with Crippen LogP contribution in [0.5, 0.6) is 0 Å². The minimum Gasteiger partial charge on any atom is -0.351 e. The zero-order chi connectivity index (χ0) is 13.7. The SMILES string of the molecule is O=C(NCCCc1ncc[nH]1)c1cc([N+](=O)[O-])c[nH]1. The Balaban J connectivity index is 1.76. The molecule has 8 heteroatoms. The van der Waals surface area contributed by atoms with Crippen LogP contribution in [0.4, 0.5) is 5.69 Å². The molecule has 0 atom stereocenters. The minimum absolute atomic E-state index is 0.124. The van der Waals surface area contributed by atoms with Gasteiger partial charge < -0.3 is 15.3 Å². The number of nitrogens with one attached hydrogen (secondary N) is 3. The van der Waals surface area contributed by atoms with Crippen LogP contribution in [-0.4, -0.2) is 32.3 Å². The molecule has 2 aromatic rings. The molecule has 0 bridgehead atoms. The highest BCUT2D eigenvalue weighted by Gasteiger charge is 2.13. The first-order valence-corrected chi connectivity index (χ1v) is 5.76. The standard InChI is InChI=1S/C11H13N5O3/c17-11(9-6-8(7-15-9)16(18)19)14-3-1-2-10-12-4-5-13-10/h4-7,15H,1-3H2,(H,12,13)(H,14,17). The lowest BCUT2D eigenvalue weighted by Gasteiger charge is -2.02. The molecule has 2 heterocycles. The molecule has 3 N–H and O–H groups in total. The van der Waals surface area contributed by atoms with E-state index < -0.39 is 4.92 Å². The highest BCUT2D eigenvalue weighted by molar-refractivity contribution is 5.93. The second-order valence-electron chi connectivity index (χ2n) is 3.92. The zero-order valence-corrected chi connectivity index (χ0v) is 10.0. The van der Waals surface area contributed by atoms with E-state index in [1.165, 1.54) is 12.3 Å². The van der Waals surface area contributed by atoms with Crippen LogP contribution in [0.2, 0.25) is 0 Å². The summed E-state index contributed by atoms with van der Waals surface area (Å²) in [6.07, 6.45) is 6.08. The van der Waals surface area contributed by atoms with Gasteiger partial charge in [-0.15, -0.1) is 0 Å². The molecule has 0 saturated carbocycles. The van der Waals surface area contributed by atoms with Gasteiger partial charge in [0, 0.05) is 31.4 Å². The fourth-order valence-electron chi connectivity index (χ4n) is 1.61. The Morgan fingerprint density at radius 3 is 2.95 bits per heavy atom. The van der Waals surface area contributed by atoms with Crippen molar-refractivity contribution in [3.05, 3.63) is 46.3 Å². The Morgan fingerprint density at radius 1 is 1.47 bits per heavy atom. The third kappa shape index (κ3) is 3.41. The molecule has 2 aromatic heterocycles. The summed E-state index contributed by atoms with van der Waals surface area (Å²) in [6, 6.07) is 1.21. The van der Waals surface area contributed by atoms with Crippen LogP contribution >= 0.6 is 0 Å². The lowest BCUT2D eigenvalue weighted by molar-refractivity contribution is -0.384. The largest absolute Gasteiger partial charge is 0.351 e. The lowest BCUT2D eigenvalue weighted by atomic mass is 10.3. The number of amides is 1. The number of aromatic amines is 2. The highest BCUT2D eigenvalue weighted by atomic mass is 16.6. The summed E-state index contributed by atoms with van der Waals surface area (Å²) in [5, 5.41) is 13.2. The zero-order valence-electron chi connectivity index (χ0n) is 10.0. The predicted molar refractivity (Wildman–Crippen MR) is 66.7 cm³/mol. The monoisotopic (exact) mass is 263 g/mol. The summed E-state index contributed by atoms with van der Waals surface area (Å²) in [6.45, 7) is 0.479. The number of H-pyrrole nitrogens is 2. The molecule has 0 aliphatic heterocycles. The second kappa shape index (κ2) is 5.80. The van der Waals surface area contributed by atoms with Crippen molar-refractivity contribution < 1.29 is 9.72 Å². The van der Waals surface area contributed by atoms with Crippen LogP contribution in [-0.2, 0) is 6.42 Å². The highest BCUT2D eigenvalue weighted by Crippen LogP contribution is 2.11. The van der Waals surface area contributed by atoms with Gasteiger partial charge in [-0.3, -0.25) is 14.9 Å². The van der Waals surface area contributed by atoms with Gasteiger partial charge in [-0.1, -0.05) is 0 Å². The molecule has 0 aliphatic carbocycles. The van der Waals surface area contributed by atoms with Gasteiger partial charge in [-0.25, -0.2) is 4.98 Å². The fraction of sp³-hybridized carbons (Fsp3) is 0.273. The van der Waals surface area contributed by atoms with Crippen LogP contribution in [0.3, 0.4) is 0 Å². The molecule has 0 spiro atoms. The van der Waals surface area contributed by atoms with Crippen molar-refractivity contribution in [1.82, 2.24) is 20.3 Å². The summed E-state index contributed by atoms with van der Waals surface area (Å²) in [5.74, 6) is 0.511. The van der Waals surface area contributed by atoms with Gasteiger partial charge in [0.25, 0.3) is 11.6 Å². The van der Waals surface area contributed by atoms with E-state index >= 15 is 0 Å². The number of imidazole rings is 1. The Kier molecular flexibility index (Phi) is 3.91. The Labute approximate surface area is 108 Å². The van der Waals surface area contributed by atoms with Crippen molar-refractivity contribution in [1.29, 1.82) is 0 Å². The number of carbonyl (C=O) groups excluding carboxylic acids is 1. The number of hydrogen-bond donors (Lipinski definition) is 3. The first-order chi connectivity index (χ1) is 9.16. The van der Waals surface area contributed by atoms with Gasteiger partial charge in [-0.05, 0) is 6.42 Å². The molecule has 2 rings (SSSR count). The van der Waals surface area contributed by atoms with Crippen LogP contribution < -0.4 is 5.32 Å². The molecule has 100 valence electrons. The maximum absolute atomic E-state index is 11.7. The Hall–Kier alpha value is -2.64. The van der Waals surface area contributed by atoms with E-state index in [4.69, 9.17) is 0 Å². The third-order valence-electron chi connectivity index (χ3n) is 2.55. The van der Waals surface area contributed by atoms with Crippen molar-refractivity contribution in [3.8, 4) is 0 Å². The average molecular weight is 263 g/mol. The van der Waals surface area contributed by atoms with E-state index in [0.29, 0.717) is 6.54 Å². The average Bonchev–Trinajstić information content (AvgIpc) is 3.05. The van der Waals surface area contributed by atoms with Crippen molar-refractivity contribution in [2.75, 3.05) is 6.54 Å². The van der Waals surface area contributed by atoms with E-state index in [1.807, 2.05) is 0 Å². The van der Waals surface area contributed by atoms with Gasteiger partial charge in [0.15, 0.2) is 0 Å². The molecule has 1 amide bonds. The van der Waals surface area contributed by atoms with E-state index in [1.54, 1.807) is 12.4 Å². The number of rotatable bonds is 6. The third-order valence-corrected chi connectivity index (χ3v) is 2.55. The van der Waals surface area contributed by atoms with E-state index in [2.05, 4.69) is 20.3 Å². The quantitative estimate of drug-likeness (QED) is 0.409. The van der Waals surface area contributed by atoms with Crippen LogP contribution in [0.25, 0.3) is 0 Å². The van der Waals surface area contributed by atoms with Gasteiger partial charge in [0.2, 0.25) is 0 Å². The number of hydrogen-bond acceptors (Lipinski definition) is 4. The maximum atomic E-state index is 11.7. The number of nitro groups is 1. The Morgan fingerprint density at radius 2 is 2.32 bits per heavy atom. The smallest absolute Gasteiger partial charge is 0.287 e. The molecular formula is C11H13N5O3. The van der Waals surface area contributed by atoms with Crippen LogP contribution in [0.15, 0.2) is 24.7 Å². The van der Waals surface area contributed by atoms with Crippen molar-refractivity contribution >= 4 is 11.6 Å². The molecule has 0 aromatic carbocycles. The molecule has 19 heavy (non-hydrogen) atoms. The van der Waals surface area contributed by atoms with Gasteiger partial charge in [0.1, 0.15) is 11.5 Å². The van der Waals surface area contributed by atoms with Crippen LogP contribution in [0.1, 0.15) is 22.7 Å². The number of aromatic nitrogens is 3. The molecule has 0 radical (unpaired) electrons. The summed E-state index contributed by atoms with van der Waals surface area (Å²) in [7, 11) is 0. The van der Waals surface area contributed by atoms with Gasteiger partial charge in [0.05, 0.1) is 11.1 Å². The van der Waals surface area contributed by atoms with Crippen molar-refractivity contribution in [2.24, 2.45) is 0 Å². The van der Waals surface area contributed by atoms with Crippen LogP contribution in [0, 0.1) is 10.1 Å². The molecule has 0 fully saturated rings. The minimum atomic E-state index is -0.551. The summed E-state index contributed by atoms with van der Waals surface area (Å²) in [5.41, 5.74) is 0.0606. The van der Waals surface area contributed by atoms with Gasteiger partial charge in [-0.2, -0.15) is 0 Å². The molecular weight excluding hydrogens is 250 g/mol. The number of nitrogens with zero attached hydrogens (tertiary/aromatic N) is 2. The van der Waals surface area contributed by atoms with Crippen molar-refractivity contribution in [3.63, 3.8) is 0 Å². The van der Waals surface area contributed by atoms with E-state index in [9.17, 15) is 14.9 Å². The first kappa shape index (κ1) is 12.8. The molecule has 8 nitrogen and oxygen atoms in total. The van der Waals surface area contributed by atoms with Crippen molar-refractivity contribution in [2.45, 2.75) is 12.8 Å². The number of aryl methyl sites for hydroxylation is 1. The van der Waals surface area contributed by atoms with E-state index in [-0.39, 0.29) is 17.3 Å². The fourth-order valence-corrected chi connectivity index (χ4v) is 1.61. The first-order valence-electron chi connectivity index (χ1n) is 5.76. The van der Waals surface area contributed by atoms with E-state index in [0.717, 1.165) is 18.7 Å². The molecule has 0 unspecified atom stereocenters. The molecule has 0 aliphatic rings.